The minimum Gasteiger partial charge on any atom is -0.416 e. The molecule has 1 atom stereocenters. The molecular formula is C24H25N5O2S. The highest BCUT2D eigenvalue weighted by Gasteiger charge is 2.17. The second kappa shape index (κ2) is 9.82. The van der Waals surface area contributed by atoms with Crippen molar-refractivity contribution in [1.29, 1.82) is 0 Å². The van der Waals surface area contributed by atoms with Crippen molar-refractivity contribution >= 4 is 23.4 Å². The SMILES string of the molecule is Cc1nn(-c2ccccc2)c(C)c1NC(=O)CSc1nnc(CC(C)c2ccccc2)o1. The van der Waals surface area contributed by atoms with Gasteiger partial charge in [-0.3, -0.25) is 4.79 Å². The van der Waals surface area contributed by atoms with Gasteiger partial charge >= 0.3 is 0 Å². The average Bonchev–Trinajstić information content (AvgIpc) is 3.38. The number of nitrogens with zero attached hydrogens (tertiary/aromatic N) is 4. The first-order valence-electron chi connectivity index (χ1n) is 10.4. The number of aryl methyl sites for hydroxylation is 1. The number of benzene rings is 2. The van der Waals surface area contributed by atoms with E-state index < -0.39 is 0 Å². The molecule has 8 heteroatoms. The van der Waals surface area contributed by atoms with Crippen LogP contribution in [0.15, 0.2) is 70.3 Å². The van der Waals surface area contributed by atoms with E-state index in [9.17, 15) is 4.79 Å². The number of anilines is 1. The van der Waals surface area contributed by atoms with E-state index in [4.69, 9.17) is 4.42 Å². The Labute approximate surface area is 191 Å². The molecule has 0 bridgehead atoms. The summed E-state index contributed by atoms with van der Waals surface area (Å²) in [5.41, 5.74) is 4.54. The minimum atomic E-state index is -0.147. The molecule has 2 heterocycles. The van der Waals surface area contributed by atoms with Crippen LogP contribution in [0.3, 0.4) is 0 Å². The number of para-hydroxylation sites is 1. The third kappa shape index (κ3) is 5.08. The third-order valence-electron chi connectivity index (χ3n) is 5.18. The van der Waals surface area contributed by atoms with Crippen LogP contribution in [-0.2, 0) is 11.2 Å². The van der Waals surface area contributed by atoms with E-state index in [-0.39, 0.29) is 17.6 Å². The Kier molecular flexibility index (Phi) is 6.70. The van der Waals surface area contributed by atoms with E-state index >= 15 is 0 Å². The van der Waals surface area contributed by atoms with E-state index in [0.29, 0.717) is 17.5 Å². The van der Waals surface area contributed by atoms with Crippen molar-refractivity contribution in [1.82, 2.24) is 20.0 Å². The second-order valence-electron chi connectivity index (χ2n) is 7.61. The second-order valence-corrected chi connectivity index (χ2v) is 8.53. The van der Waals surface area contributed by atoms with Crippen molar-refractivity contribution in [3.63, 3.8) is 0 Å². The van der Waals surface area contributed by atoms with Crippen molar-refractivity contribution in [3.05, 3.63) is 83.5 Å². The molecule has 2 aromatic heterocycles. The number of hydrogen-bond acceptors (Lipinski definition) is 6. The van der Waals surface area contributed by atoms with E-state index in [0.717, 1.165) is 22.8 Å². The highest BCUT2D eigenvalue weighted by atomic mass is 32.2. The number of carbonyl (C=O) groups excluding carboxylic acids is 1. The highest BCUT2D eigenvalue weighted by Crippen LogP contribution is 2.25. The van der Waals surface area contributed by atoms with Crippen LogP contribution in [0.4, 0.5) is 5.69 Å². The Balaban J connectivity index is 1.34. The fraction of sp³-hybridized carbons (Fsp3) is 0.250. The normalized spacial score (nSPS) is 12.0. The summed E-state index contributed by atoms with van der Waals surface area (Å²) in [4.78, 5) is 12.5. The van der Waals surface area contributed by atoms with Gasteiger partial charge in [0.1, 0.15) is 0 Å². The lowest BCUT2D eigenvalue weighted by Crippen LogP contribution is -2.15. The molecule has 0 aliphatic heterocycles. The Bertz CT molecular complexity index is 1190. The standard InChI is InChI=1S/C24H25N5O2S/c1-16(19-10-6-4-7-11-19)14-22-26-27-24(31-22)32-15-21(30)25-23-17(2)28-29(18(23)3)20-12-8-5-9-13-20/h4-13,16H,14-15H2,1-3H3,(H,25,30). The number of rotatable bonds is 8. The molecule has 0 aliphatic carbocycles. The van der Waals surface area contributed by atoms with Gasteiger partial charge < -0.3 is 9.73 Å². The van der Waals surface area contributed by atoms with E-state index in [1.165, 1.54) is 17.3 Å². The number of thioether (sulfide) groups is 1. The summed E-state index contributed by atoms with van der Waals surface area (Å²) in [5.74, 6) is 0.863. The molecular weight excluding hydrogens is 422 g/mol. The molecule has 32 heavy (non-hydrogen) atoms. The lowest BCUT2D eigenvalue weighted by molar-refractivity contribution is -0.113. The molecule has 2 aromatic carbocycles. The van der Waals surface area contributed by atoms with Crippen molar-refractivity contribution in [2.45, 2.75) is 38.3 Å². The van der Waals surface area contributed by atoms with Gasteiger partial charge in [-0.2, -0.15) is 5.10 Å². The predicted octanol–water partition coefficient (Wildman–Crippen LogP) is 4.95. The molecule has 0 radical (unpaired) electrons. The summed E-state index contributed by atoms with van der Waals surface area (Å²) in [6.45, 7) is 5.95. The van der Waals surface area contributed by atoms with Gasteiger partial charge in [0.05, 0.1) is 28.5 Å². The molecule has 0 spiro atoms. The highest BCUT2D eigenvalue weighted by molar-refractivity contribution is 7.99. The lowest BCUT2D eigenvalue weighted by Gasteiger charge is -2.08. The fourth-order valence-corrected chi connectivity index (χ4v) is 4.07. The molecule has 0 saturated heterocycles. The van der Waals surface area contributed by atoms with Gasteiger partial charge in [-0.05, 0) is 37.5 Å². The molecule has 0 saturated carbocycles. The molecule has 7 nitrogen and oxygen atoms in total. The van der Waals surface area contributed by atoms with Crippen molar-refractivity contribution in [3.8, 4) is 5.69 Å². The van der Waals surface area contributed by atoms with Crippen LogP contribution in [0.1, 0.15) is 35.7 Å². The maximum atomic E-state index is 12.5. The number of aromatic nitrogens is 4. The zero-order valence-electron chi connectivity index (χ0n) is 18.3. The topological polar surface area (TPSA) is 85.8 Å². The summed E-state index contributed by atoms with van der Waals surface area (Å²) < 4.78 is 7.56. The van der Waals surface area contributed by atoms with Gasteiger partial charge in [-0.1, -0.05) is 67.2 Å². The monoisotopic (exact) mass is 447 g/mol. The van der Waals surface area contributed by atoms with Crippen LogP contribution in [0.25, 0.3) is 5.69 Å². The Morgan fingerprint density at radius 2 is 1.75 bits per heavy atom. The summed E-state index contributed by atoms with van der Waals surface area (Å²) in [5, 5.41) is 16.1. The molecule has 1 amide bonds. The summed E-state index contributed by atoms with van der Waals surface area (Å²) in [7, 11) is 0. The first-order chi connectivity index (χ1) is 15.5. The molecule has 4 aromatic rings. The number of nitrogens with one attached hydrogen (secondary N) is 1. The molecule has 1 unspecified atom stereocenters. The van der Waals surface area contributed by atoms with Gasteiger partial charge in [0, 0.05) is 6.42 Å². The summed E-state index contributed by atoms with van der Waals surface area (Å²) >= 11 is 1.23. The molecule has 4 rings (SSSR count). The molecule has 164 valence electrons. The average molecular weight is 448 g/mol. The van der Waals surface area contributed by atoms with Crippen molar-refractivity contribution in [2.75, 3.05) is 11.1 Å². The van der Waals surface area contributed by atoms with Crippen LogP contribution < -0.4 is 5.32 Å². The van der Waals surface area contributed by atoms with Crippen LogP contribution in [-0.4, -0.2) is 31.6 Å². The Hall–Kier alpha value is -3.39. The Morgan fingerprint density at radius 1 is 1.06 bits per heavy atom. The van der Waals surface area contributed by atoms with E-state index in [2.05, 4.69) is 39.7 Å². The number of carbonyl (C=O) groups is 1. The van der Waals surface area contributed by atoms with Gasteiger partial charge in [-0.15, -0.1) is 10.2 Å². The van der Waals surface area contributed by atoms with Gasteiger partial charge in [0.15, 0.2) is 0 Å². The smallest absolute Gasteiger partial charge is 0.277 e. The summed E-state index contributed by atoms with van der Waals surface area (Å²) in [6, 6.07) is 20.0. The predicted molar refractivity (Wildman–Crippen MR) is 125 cm³/mol. The maximum Gasteiger partial charge on any atom is 0.277 e. The van der Waals surface area contributed by atoms with Crippen molar-refractivity contribution in [2.24, 2.45) is 0 Å². The zero-order chi connectivity index (χ0) is 22.5. The number of amides is 1. The van der Waals surface area contributed by atoms with Crippen LogP contribution in [0.5, 0.6) is 0 Å². The minimum absolute atomic E-state index is 0.147. The van der Waals surface area contributed by atoms with Crippen molar-refractivity contribution < 1.29 is 9.21 Å². The molecule has 0 fully saturated rings. The molecule has 1 N–H and O–H groups in total. The molecule has 0 aliphatic rings. The van der Waals surface area contributed by atoms with Crippen LogP contribution >= 0.6 is 11.8 Å². The van der Waals surface area contributed by atoms with E-state index in [1.807, 2.05) is 67.1 Å². The van der Waals surface area contributed by atoms with Gasteiger partial charge in [0.25, 0.3) is 5.22 Å². The van der Waals surface area contributed by atoms with Gasteiger partial charge in [0.2, 0.25) is 11.8 Å². The first kappa shape index (κ1) is 21.8. The summed E-state index contributed by atoms with van der Waals surface area (Å²) in [6.07, 6.45) is 0.654. The fourth-order valence-electron chi connectivity index (χ4n) is 3.49. The zero-order valence-corrected chi connectivity index (χ0v) is 19.1. The maximum absolute atomic E-state index is 12.5. The Morgan fingerprint density at radius 3 is 2.47 bits per heavy atom. The van der Waals surface area contributed by atoms with Gasteiger partial charge in [-0.25, -0.2) is 4.68 Å². The first-order valence-corrected chi connectivity index (χ1v) is 11.4. The third-order valence-corrected chi connectivity index (χ3v) is 6.00. The largest absolute Gasteiger partial charge is 0.416 e. The lowest BCUT2D eigenvalue weighted by atomic mass is 9.98. The number of hydrogen-bond donors (Lipinski definition) is 1. The quantitative estimate of drug-likeness (QED) is 0.385. The van der Waals surface area contributed by atoms with E-state index in [1.54, 1.807) is 0 Å². The van der Waals surface area contributed by atoms with Crippen LogP contribution in [0, 0.1) is 13.8 Å². The van der Waals surface area contributed by atoms with Crippen LogP contribution in [0.2, 0.25) is 0 Å².